The molecule has 0 saturated heterocycles. The van der Waals surface area contributed by atoms with Crippen LogP contribution in [0.4, 0.5) is 5.13 Å². The predicted octanol–water partition coefficient (Wildman–Crippen LogP) is 2.54. The van der Waals surface area contributed by atoms with Crippen molar-refractivity contribution in [1.82, 2.24) is 14.9 Å². The predicted molar refractivity (Wildman–Crippen MR) is 113 cm³/mol. The maximum absolute atomic E-state index is 12.5. The van der Waals surface area contributed by atoms with Gasteiger partial charge in [0.25, 0.3) is 15.9 Å². The van der Waals surface area contributed by atoms with Crippen molar-refractivity contribution in [3.63, 3.8) is 0 Å². The van der Waals surface area contributed by atoms with Crippen LogP contribution in [0.15, 0.2) is 58.9 Å². The lowest BCUT2D eigenvalue weighted by Gasteiger charge is -2.15. The standard InChI is InChI=1S/C19H20N4O5S2/c1-13(12-28-16-11-7-6-10-15(16)27-2)23-30(25,26)19-22-21-18(29-19)20-17(24)14-8-4-3-5-9-14/h3-11,13,23H,12H2,1-2H3,(H,20,21,24)/t13-/m0/s1. The highest BCUT2D eigenvalue weighted by Gasteiger charge is 2.23. The van der Waals surface area contributed by atoms with Gasteiger partial charge in [0, 0.05) is 5.56 Å². The summed E-state index contributed by atoms with van der Waals surface area (Å²) in [5.41, 5.74) is 0.428. The van der Waals surface area contributed by atoms with Crippen molar-refractivity contribution in [2.75, 3.05) is 19.0 Å². The van der Waals surface area contributed by atoms with Gasteiger partial charge < -0.3 is 9.47 Å². The van der Waals surface area contributed by atoms with Crippen molar-refractivity contribution >= 4 is 32.4 Å². The number of rotatable bonds is 9. The van der Waals surface area contributed by atoms with Crippen LogP contribution >= 0.6 is 11.3 Å². The molecular weight excluding hydrogens is 428 g/mol. The van der Waals surface area contributed by atoms with Crippen molar-refractivity contribution < 1.29 is 22.7 Å². The molecule has 0 radical (unpaired) electrons. The number of amides is 1. The molecule has 0 spiro atoms. The van der Waals surface area contributed by atoms with Crippen molar-refractivity contribution in [1.29, 1.82) is 0 Å². The number of hydrogen-bond acceptors (Lipinski definition) is 8. The molecule has 9 nitrogen and oxygen atoms in total. The Morgan fingerprint density at radius 2 is 1.73 bits per heavy atom. The molecule has 11 heteroatoms. The summed E-state index contributed by atoms with van der Waals surface area (Å²) in [7, 11) is -2.40. The van der Waals surface area contributed by atoms with E-state index < -0.39 is 22.0 Å². The summed E-state index contributed by atoms with van der Waals surface area (Å²) >= 11 is 0.760. The van der Waals surface area contributed by atoms with Gasteiger partial charge in [-0.05, 0) is 31.2 Å². The molecule has 0 bridgehead atoms. The number of methoxy groups -OCH3 is 1. The van der Waals surface area contributed by atoms with Crippen LogP contribution < -0.4 is 19.5 Å². The van der Waals surface area contributed by atoms with E-state index in [1.165, 1.54) is 7.11 Å². The van der Waals surface area contributed by atoms with E-state index in [4.69, 9.17) is 9.47 Å². The summed E-state index contributed by atoms with van der Waals surface area (Å²) in [6.07, 6.45) is 0. The maximum atomic E-state index is 12.5. The number of nitrogens with one attached hydrogen (secondary N) is 2. The fourth-order valence-electron chi connectivity index (χ4n) is 2.43. The van der Waals surface area contributed by atoms with Crippen molar-refractivity contribution in [3.8, 4) is 11.5 Å². The monoisotopic (exact) mass is 448 g/mol. The van der Waals surface area contributed by atoms with Gasteiger partial charge in [-0.3, -0.25) is 10.1 Å². The normalized spacial score (nSPS) is 12.2. The van der Waals surface area contributed by atoms with E-state index in [1.54, 1.807) is 61.5 Å². The Hall–Kier alpha value is -3.02. The van der Waals surface area contributed by atoms with E-state index in [2.05, 4.69) is 20.2 Å². The number of aromatic nitrogens is 2. The fourth-order valence-corrected chi connectivity index (χ4v) is 4.57. The molecule has 0 fully saturated rings. The molecule has 158 valence electrons. The summed E-state index contributed by atoms with van der Waals surface area (Å²) in [4.78, 5) is 12.2. The third-order valence-corrected chi connectivity index (χ3v) is 6.60. The zero-order chi connectivity index (χ0) is 21.6. The Morgan fingerprint density at radius 1 is 1.07 bits per heavy atom. The first-order chi connectivity index (χ1) is 14.4. The summed E-state index contributed by atoms with van der Waals surface area (Å²) in [5, 5.41) is 10.0. The van der Waals surface area contributed by atoms with Crippen molar-refractivity contribution in [2.45, 2.75) is 17.3 Å². The lowest BCUT2D eigenvalue weighted by Crippen LogP contribution is -2.36. The first-order valence-corrected chi connectivity index (χ1v) is 11.2. The molecule has 3 rings (SSSR count). The number of carbonyl (C=O) groups is 1. The average Bonchev–Trinajstić information content (AvgIpc) is 3.22. The minimum Gasteiger partial charge on any atom is -0.493 e. The first-order valence-electron chi connectivity index (χ1n) is 8.87. The Balaban J connectivity index is 1.59. The Morgan fingerprint density at radius 3 is 2.43 bits per heavy atom. The molecule has 30 heavy (non-hydrogen) atoms. The summed E-state index contributed by atoms with van der Waals surface area (Å²) in [6.45, 7) is 1.74. The van der Waals surface area contributed by atoms with Gasteiger partial charge >= 0.3 is 0 Å². The third kappa shape index (κ3) is 5.53. The maximum Gasteiger partial charge on any atom is 0.270 e. The minimum absolute atomic E-state index is 0.0794. The highest BCUT2D eigenvalue weighted by molar-refractivity contribution is 7.91. The third-order valence-electron chi connectivity index (χ3n) is 3.81. The second-order valence-corrected chi connectivity index (χ2v) is 9.04. The lowest BCUT2D eigenvalue weighted by atomic mass is 10.2. The topological polar surface area (TPSA) is 120 Å². The smallest absolute Gasteiger partial charge is 0.270 e. The largest absolute Gasteiger partial charge is 0.493 e. The molecule has 2 N–H and O–H groups in total. The Bertz CT molecular complexity index is 1100. The van der Waals surface area contributed by atoms with E-state index in [0.29, 0.717) is 17.1 Å². The summed E-state index contributed by atoms with van der Waals surface area (Å²) < 4.78 is 38.2. The number of hydrogen-bond donors (Lipinski definition) is 2. The molecule has 3 aromatic rings. The quantitative estimate of drug-likeness (QED) is 0.483. The van der Waals surface area contributed by atoms with Crippen molar-refractivity contribution in [3.05, 3.63) is 60.2 Å². The molecule has 0 saturated carbocycles. The van der Waals surface area contributed by atoms with Gasteiger partial charge in [0.05, 0.1) is 13.2 Å². The van der Waals surface area contributed by atoms with E-state index >= 15 is 0 Å². The van der Waals surface area contributed by atoms with Gasteiger partial charge in [-0.2, -0.15) is 0 Å². The molecule has 1 heterocycles. The molecule has 0 aliphatic rings. The van der Waals surface area contributed by atoms with Crippen LogP contribution in [0.5, 0.6) is 11.5 Å². The van der Waals surface area contributed by atoms with Gasteiger partial charge in [-0.1, -0.05) is 41.7 Å². The number of ether oxygens (including phenoxy) is 2. The Labute approximate surface area is 178 Å². The molecule has 0 unspecified atom stereocenters. The van der Waals surface area contributed by atoms with Crippen LogP contribution in [0.2, 0.25) is 0 Å². The van der Waals surface area contributed by atoms with Crippen LogP contribution in [-0.2, 0) is 10.0 Å². The summed E-state index contributed by atoms with van der Waals surface area (Å²) in [5.74, 6) is 0.658. The van der Waals surface area contributed by atoms with Gasteiger partial charge in [-0.15, -0.1) is 10.2 Å². The van der Waals surface area contributed by atoms with E-state index in [9.17, 15) is 13.2 Å². The number of benzene rings is 2. The second-order valence-electron chi connectivity index (χ2n) is 6.18. The molecule has 0 aliphatic heterocycles. The van der Waals surface area contributed by atoms with Gasteiger partial charge in [-0.25, -0.2) is 13.1 Å². The highest BCUT2D eigenvalue weighted by Crippen LogP contribution is 2.26. The van der Waals surface area contributed by atoms with Crippen LogP contribution in [0, 0.1) is 0 Å². The zero-order valence-electron chi connectivity index (χ0n) is 16.2. The first kappa shape index (κ1) is 21.7. The summed E-state index contributed by atoms with van der Waals surface area (Å²) in [6, 6.07) is 15.0. The van der Waals surface area contributed by atoms with Gasteiger partial charge in [0.15, 0.2) is 11.5 Å². The molecule has 1 atom stereocenters. The number of nitrogens with zero attached hydrogens (tertiary/aromatic N) is 2. The van der Waals surface area contributed by atoms with Gasteiger partial charge in [0.2, 0.25) is 9.47 Å². The van der Waals surface area contributed by atoms with E-state index in [1.807, 2.05) is 0 Å². The SMILES string of the molecule is COc1ccccc1OC[C@H](C)NS(=O)(=O)c1nnc(NC(=O)c2ccccc2)s1. The molecular formula is C19H20N4O5S2. The molecule has 2 aromatic carbocycles. The van der Waals surface area contributed by atoms with Crippen LogP contribution in [-0.4, -0.2) is 44.3 Å². The molecule has 1 amide bonds. The van der Waals surface area contributed by atoms with Crippen LogP contribution in [0.1, 0.15) is 17.3 Å². The number of sulfonamides is 1. The molecule has 1 aromatic heterocycles. The Kier molecular flexibility index (Phi) is 6.98. The molecule has 0 aliphatic carbocycles. The highest BCUT2D eigenvalue weighted by atomic mass is 32.2. The van der Waals surface area contributed by atoms with E-state index in [0.717, 1.165) is 11.3 Å². The fraction of sp³-hybridized carbons (Fsp3) is 0.211. The van der Waals surface area contributed by atoms with Crippen LogP contribution in [0.25, 0.3) is 0 Å². The second kappa shape index (κ2) is 9.65. The van der Waals surface area contributed by atoms with Crippen molar-refractivity contribution in [2.24, 2.45) is 0 Å². The lowest BCUT2D eigenvalue weighted by molar-refractivity contribution is 0.102. The minimum atomic E-state index is -3.93. The number of anilines is 1. The van der Waals surface area contributed by atoms with Crippen LogP contribution in [0.3, 0.4) is 0 Å². The number of carbonyl (C=O) groups excluding carboxylic acids is 1. The van der Waals surface area contributed by atoms with E-state index in [-0.39, 0.29) is 16.1 Å². The average molecular weight is 449 g/mol. The number of para-hydroxylation sites is 2. The van der Waals surface area contributed by atoms with Gasteiger partial charge in [0.1, 0.15) is 6.61 Å². The zero-order valence-corrected chi connectivity index (χ0v) is 17.9.